The summed E-state index contributed by atoms with van der Waals surface area (Å²) in [5, 5.41) is 1.96. The Morgan fingerprint density at radius 2 is 1.59 bits per heavy atom. The molecule has 27 heavy (non-hydrogen) atoms. The zero-order valence-corrected chi connectivity index (χ0v) is 13.6. The first-order chi connectivity index (χ1) is 12.7. The van der Waals surface area contributed by atoms with Crippen molar-refractivity contribution < 1.29 is 41.0 Å². The van der Waals surface area contributed by atoms with Crippen LogP contribution in [0, 0.1) is 17.5 Å². The van der Waals surface area contributed by atoms with Gasteiger partial charge in [-0.3, -0.25) is 4.79 Å². The molecule has 0 radical (unpaired) electrons. The average Bonchev–Trinajstić information content (AvgIpc) is 2.62. The molecule has 0 fully saturated rings. The average molecular weight is 389 g/mol. The van der Waals surface area contributed by atoms with Gasteiger partial charge in [0.2, 0.25) is 0 Å². The number of carbonyl (C=O) groups excluding carboxylic acids is 2. The van der Waals surface area contributed by atoms with Gasteiger partial charge in [-0.25, -0.2) is 18.0 Å². The predicted molar refractivity (Wildman–Crippen MR) is 82.9 cm³/mol. The molecule has 0 aliphatic rings. The van der Waals surface area contributed by atoms with E-state index in [0.29, 0.717) is 6.07 Å². The third-order valence-corrected chi connectivity index (χ3v) is 3.26. The van der Waals surface area contributed by atoms with E-state index in [9.17, 15) is 31.5 Å². The smallest absolute Gasteiger partial charge is 0.387 e. The van der Waals surface area contributed by atoms with E-state index in [1.54, 1.807) is 0 Å². The van der Waals surface area contributed by atoms with E-state index in [-0.39, 0.29) is 11.3 Å². The highest BCUT2D eigenvalue weighted by Gasteiger charge is 2.22. The molecule has 0 heterocycles. The fourth-order valence-electron chi connectivity index (χ4n) is 1.91. The molecule has 0 spiro atoms. The Kier molecular flexibility index (Phi) is 6.32. The van der Waals surface area contributed by atoms with Gasteiger partial charge < -0.3 is 14.8 Å². The van der Waals surface area contributed by atoms with Gasteiger partial charge in [-0.2, -0.15) is 8.78 Å². The van der Waals surface area contributed by atoms with Gasteiger partial charge in [-0.15, -0.1) is 0 Å². The second-order valence-electron chi connectivity index (χ2n) is 5.16. The Balaban J connectivity index is 1.99. The number of benzene rings is 2. The molecule has 1 amide bonds. The van der Waals surface area contributed by atoms with Crippen LogP contribution in [0.1, 0.15) is 17.3 Å². The third-order valence-electron chi connectivity index (χ3n) is 3.26. The van der Waals surface area contributed by atoms with E-state index in [0.717, 1.165) is 30.3 Å². The molecule has 5 nitrogen and oxygen atoms in total. The lowest BCUT2D eigenvalue weighted by Gasteiger charge is -2.14. The van der Waals surface area contributed by atoms with Crippen molar-refractivity contribution in [1.29, 1.82) is 0 Å². The molecule has 1 atom stereocenters. The SMILES string of the molecule is CC(OC(=O)c1ccc(OC(F)F)cc1)C(=O)Nc1ccc(F)c(F)c1F. The molecule has 0 saturated heterocycles. The van der Waals surface area contributed by atoms with Gasteiger partial charge in [0.15, 0.2) is 23.6 Å². The van der Waals surface area contributed by atoms with Gasteiger partial charge in [-0.1, -0.05) is 0 Å². The Labute approximate surface area is 149 Å². The van der Waals surface area contributed by atoms with Gasteiger partial charge in [0.1, 0.15) is 5.75 Å². The van der Waals surface area contributed by atoms with Crippen LogP contribution in [0.4, 0.5) is 27.6 Å². The minimum atomic E-state index is -3.02. The van der Waals surface area contributed by atoms with Crippen LogP contribution in [-0.2, 0) is 9.53 Å². The first-order valence-electron chi connectivity index (χ1n) is 7.39. The summed E-state index contributed by atoms with van der Waals surface area (Å²) >= 11 is 0. The van der Waals surface area contributed by atoms with Crippen LogP contribution in [0.15, 0.2) is 36.4 Å². The van der Waals surface area contributed by atoms with Gasteiger partial charge in [0, 0.05) is 0 Å². The van der Waals surface area contributed by atoms with Crippen LogP contribution in [0.3, 0.4) is 0 Å². The highest BCUT2D eigenvalue weighted by atomic mass is 19.3. The van der Waals surface area contributed by atoms with Crippen molar-refractivity contribution in [2.45, 2.75) is 19.6 Å². The van der Waals surface area contributed by atoms with Gasteiger partial charge in [0.25, 0.3) is 5.91 Å². The Morgan fingerprint density at radius 3 is 2.19 bits per heavy atom. The largest absolute Gasteiger partial charge is 0.449 e. The number of alkyl halides is 2. The lowest BCUT2D eigenvalue weighted by Crippen LogP contribution is -2.30. The molecule has 0 aromatic heterocycles. The Morgan fingerprint density at radius 1 is 0.963 bits per heavy atom. The minimum Gasteiger partial charge on any atom is -0.449 e. The minimum absolute atomic E-state index is 0.0599. The number of rotatable bonds is 6. The van der Waals surface area contributed by atoms with E-state index in [2.05, 4.69) is 4.74 Å². The molecule has 0 saturated carbocycles. The van der Waals surface area contributed by atoms with Crippen LogP contribution in [0.5, 0.6) is 5.75 Å². The number of nitrogens with one attached hydrogen (secondary N) is 1. The van der Waals surface area contributed by atoms with Gasteiger partial charge in [0.05, 0.1) is 11.3 Å². The molecule has 2 rings (SSSR count). The van der Waals surface area contributed by atoms with E-state index >= 15 is 0 Å². The van der Waals surface area contributed by atoms with E-state index in [1.807, 2.05) is 5.32 Å². The number of amides is 1. The standard InChI is InChI=1S/C17H12F5NO4/c1-8(15(24)23-12-7-6-11(18)13(19)14(12)20)26-16(25)9-2-4-10(5-3-9)27-17(21)22/h2-8,17H,1H3,(H,23,24). The summed E-state index contributed by atoms with van der Waals surface area (Å²) in [4.78, 5) is 23.9. The number of hydrogen-bond acceptors (Lipinski definition) is 4. The molecular weight excluding hydrogens is 377 g/mol. The summed E-state index contributed by atoms with van der Waals surface area (Å²) in [6.45, 7) is -1.86. The molecule has 144 valence electrons. The normalized spacial score (nSPS) is 11.8. The Hall–Kier alpha value is -3.17. The molecule has 10 heteroatoms. The molecule has 0 bridgehead atoms. The number of hydrogen-bond donors (Lipinski definition) is 1. The molecule has 2 aromatic carbocycles. The summed E-state index contributed by atoms with van der Waals surface area (Å²) in [5.74, 6) is -6.93. The van der Waals surface area contributed by atoms with E-state index < -0.39 is 47.7 Å². The van der Waals surface area contributed by atoms with Crippen molar-refractivity contribution in [3.63, 3.8) is 0 Å². The summed E-state index contributed by atoms with van der Waals surface area (Å²) in [6, 6.07) is 5.91. The first-order valence-corrected chi connectivity index (χ1v) is 7.39. The van der Waals surface area contributed by atoms with Gasteiger partial charge >= 0.3 is 12.6 Å². The van der Waals surface area contributed by atoms with Gasteiger partial charge in [-0.05, 0) is 43.3 Å². The molecule has 2 aromatic rings. The van der Waals surface area contributed by atoms with Crippen molar-refractivity contribution in [3.05, 3.63) is 59.4 Å². The number of anilines is 1. The summed E-state index contributed by atoms with van der Waals surface area (Å²) in [6.07, 6.45) is -1.41. The highest BCUT2D eigenvalue weighted by molar-refractivity contribution is 5.97. The van der Waals surface area contributed by atoms with Crippen molar-refractivity contribution in [1.82, 2.24) is 0 Å². The number of carbonyl (C=O) groups is 2. The van der Waals surface area contributed by atoms with Crippen LogP contribution >= 0.6 is 0 Å². The third kappa shape index (κ3) is 5.16. The molecule has 1 N–H and O–H groups in total. The molecule has 1 unspecified atom stereocenters. The highest BCUT2D eigenvalue weighted by Crippen LogP contribution is 2.20. The lowest BCUT2D eigenvalue weighted by molar-refractivity contribution is -0.123. The summed E-state index contributed by atoms with van der Waals surface area (Å²) in [7, 11) is 0. The number of halogens is 5. The molecule has 0 aliphatic carbocycles. The quantitative estimate of drug-likeness (QED) is 0.463. The van der Waals surface area contributed by atoms with E-state index in [4.69, 9.17) is 4.74 Å². The summed E-state index contributed by atoms with van der Waals surface area (Å²) in [5.41, 5.74) is -0.689. The maximum atomic E-state index is 13.5. The summed E-state index contributed by atoms with van der Waals surface area (Å²) < 4.78 is 72.7. The Bertz CT molecular complexity index is 842. The van der Waals surface area contributed by atoms with Crippen LogP contribution < -0.4 is 10.1 Å². The van der Waals surface area contributed by atoms with Crippen molar-refractivity contribution in [3.8, 4) is 5.75 Å². The maximum Gasteiger partial charge on any atom is 0.387 e. The van der Waals surface area contributed by atoms with Crippen LogP contribution in [0.25, 0.3) is 0 Å². The van der Waals surface area contributed by atoms with Crippen molar-refractivity contribution >= 4 is 17.6 Å². The predicted octanol–water partition coefficient (Wildman–Crippen LogP) is 3.89. The molecular formula is C17H12F5NO4. The number of ether oxygens (including phenoxy) is 2. The first kappa shape index (κ1) is 20.1. The fraction of sp³-hybridized carbons (Fsp3) is 0.176. The van der Waals surface area contributed by atoms with Crippen LogP contribution in [0.2, 0.25) is 0 Å². The molecule has 0 aliphatic heterocycles. The van der Waals surface area contributed by atoms with Crippen molar-refractivity contribution in [2.24, 2.45) is 0 Å². The van der Waals surface area contributed by atoms with Crippen molar-refractivity contribution in [2.75, 3.05) is 5.32 Å². The monoisotopic (exact) mass is 389 g/mol. The fourth-order valence-corrected chi connectivity index (χ4v) is 1.91. The van der Waals surface area contributed by atoms with Crippen LogP contribution in [-0.4, -0.2) is 24.6 Å². The second-order valence-corrected chi connectivity index (χ2v) is 5.16. The lowest BCUT2D eigenvalue weighted by atomic mass is 10.2. The topological polar surface area (TPSA) is 64.6 Å². The zero-order chi connectivity index (χ0) is 20.1. The maximum absolute atomic E-state index is 13.5. The van der Waals surface area contributed by atoms with E-state index in [1.165, 1.54) is 6.92 Å². The zero-order valence-electron chi connectivity index (χ0n) is 13.6. The number of esters is 1. The second kappa shape index (κ2) is 8.47.